The van der Waals surface area contributed by atoms with Gasteiger partial charge in [-0.25, -0.2) is 4.39 Å². The van der Waals surface area contributed by atoms with Gasteiger partial charge in [0, 0.05) is 5.69 Å². The molecule has 0 bridgehead atoms. The first-order valence-electron chi connectivity index (χ1n) is 8.20. The standard InChI is InChI=1S/C17H26FN3O3/c1-3-21(4-2)10-6-9-19-15(17(23)24)12-16(22)20-14-8-5-7-13(18)11-14/h5,7-8,11,15,19H,3-4,6,9-10,12H2,1-2H3,(H,20,22)(H,23,24). The van der Waals surface area contributed by atoms with Crippen LogP contribution in [0.15, 0.2) is 24.3 Å². The third-order valence-electron chi connectivity index (χ3n) is 3.73. The Balaban J connectivity index is 2.42. The first kappa shape index (κ1) is 20.1. The molecule has 1 unspecified atom stereocenters. The summed E-state index contributed by atoms with van der Waals surface area (Å²) >= 11 is 0. The summed E-state index contributed by atoms with van der Waals surface area (Å²) in [5.74, 6) is -2.01. The van der Waals surface area contributed by atoms with Crippen molar-refractivity contribution in [2.45, 2.75) is 32.7 Å². The predicted molar refractivity (Wildman–Crippen MR) is 91.5 cm³/mol. The van der Waals surface area contributed by atoms with Crippen molar-refractivity contribution in [2.24, 2.45) is 0 Å². The molecular weight excluding hydrogens is 313 g/mol. The number of anilines is 1. The van der Waals surface area contributed by atoms with Crippen LogP contribution in [0.25, 0.3) is 0 Å². The zero-order valence-electron chi connectivity index (χ0n) is 14.2. The van der Waals surface area contributed by atoms with Gasteiger partial charge in [0.25, 0.3) is 0 Å². The van der Waals surface area contributed by atoms with Crippen LogP contribution in [-0.4, -0.2) is 54.1 Å². The molecule has 1 atom stereocenters. The van der Waals surface area contributed by atoms with E-state index in [9.17, 15) is 19.1 Å². The molecule has 6 nitrogen and oxygen atoms in total. The molecule has 0 radical (unpaired) electrons. The number of hydrogen-bond acceptors (Lipinski definition) is 4. The van der Waals surface area contributed by atoms with E-state index in [1.165, 1.54) is 18.2 Å². The molecule has 1 amide bonds. The molecule has 0 aliphatic heterocycles. The summed E-state index contributed by atoms with van der Waals surface area (Å²) in [6.07, 6.45) is 0.591. The molecule has 0 aliphatic rings. The molecule has 3 N–H and O–H groups in total. The number of rotatable bonds is 11. The van der Waals surface area contributed by atoms with Gasteiger partial charge in [0.15, 0.2) is 0 Å². The molecule has 0 saturated carbocycles. The predicted octanol–water partition coefficient (Wildman–Crippen LogP) is 1.93. The van der Waals surface area contributed by atoms with Gasteiger partial charge in [-0.1, -0.05) is 19.9 Å². The monoisotopic (exact) mass is 339 g/mol. The fourth-order valence-electron chi connectivity index (χ4n) is 2.33. The van der Waals surface area contributed by atoms with E-state index in [2.05, 4.69) is 29.4 Å². The summed E-state index contributed by atoms with van der Waals surface area (Å²) in [4.78, 5) is 25.4. The fourth-order valence-corrected chi connectivity index (χ4v) is 2.33. The van der Waals surface area contributed by atoms with Gasteiger partial charge in [-0.15, -0.1) is 0 Å². The minimum absolute atomic E-state index is 0.211. The number of aliphatic carboxylic acids is 1. The Hall–Kier alpha value is -1.99. The highest BCUT2D eigenvalue weighted by atomic mass is 19.1. The number of carboxylic acids is 1. The molecule has 0 spiro atoms. The first-order chi connectivity index (χ1) is 11.5. The number of halogens is 1. The van der Waals surface area contributed by atoms with Crippen LogP contribution in [0.1, 0.15) is 26.7 Å². The van der Waals surface area contributed by atoms with Gasteiger partial charge in [-0.3, -0.25) is 9.59 Å². The van der Waals surface area contributed by atoms with Crippen LogP contribution in [0.5, 0.6) is 0 Å². The van der Waals surface area contributed by atoms with Gasteiger partial charge in [0.05, 0.1) is 6.42 Å². The van der Waals surface area contributed by atoms with Crippen molar-refractivity contribution in [3.05, 3.63) is 30.1 Å². The third-order valence-corrected chi connectivity index (χ3v) is 3.73. The molecular formula is C17H26FN3O3. The minimum atomic E-state index is -1.08. The third kappa shape index (κ3) is 7.52. The Labute approximate surface area is 142 Å². The van der Waals surface area contributed by atoms with Crippen LogP contribution in [0, 0.1) is 5.82 Å². The van der Waals surface area contributed by atoms with Crippen molar-refractivity contribution in [2.75, 3.05) is 31.5 Å². The number of nitrogens with zero attached hydrogens (tertiary/aromatic N) is 1. The molecule has 0 aromatic heterocycles. The van der Waals surface area contributed by atoms with E-state index in [1.807, 2.05) is 0 Å². The Bertz CT molecular complexity index is 536. The summed E-state index contributed by atoms with van der Waals surface area (Å²) in [5.41, 5.74) is 0.311. The Morgan fingerprint density at radius 2 is 2.00 bits per heavy atom. The quantitative estimate of drug-likeness (QED) is 0.537. The zero-order chi connectivity index (χ0) is 17.9. The maximum absolute atomic E-state index is 13.1. The lowest BCUT2D eigenvalue weighted by Crippen LogP contribution is -2.41. The summed E-state index contributed by atoms with van der Waals surface area (Å²) < 4.78 is 13.1. The molecule has 1 rings (SSSR count). The lowest BCUT2D eigenvalue weighted by Gasteiger charge is -2.19. The molecule has 134 valence electrons. The SMILES string of the molecule is CCN(CC)CCCNC(CC(=O)Nc1cccc(F)c1)C(=O)O. The second kappa shape index (κ2) is 10.7. The number of hydrogen-bond donors (Lipinski definition) is 3. The van der Waals surface area contributed by atoms with Gasteiger partial charge in [0.2, 0.25) is 5.91 Å². The molecule has 1 aromatic carbocycles. The summed E-state index contributed by atoms with van der Waals surface area (Å²) in [6.45, 7) is 7.45. The van der Waals surface area contributed by atoms with Gasteiger partial charge in [0.1, 0.15) is 11.9 Å². The van der Waals surface area contributed by atoms with E-state index in [4.69, 9.17) is 0 Å². The van der Waals surface area contributed by atoms with Gasteiger partial charge in [-0.05, 0) is 50.8 Å². The van der Waals surface area contributed by atoms with Gasteiger partial charge >= 0.3 is 5.97 Å². The van der Waals surface area contributed by atoms with Crippen molar-refractivity contribution in [1.29, 1.82) is 0 Å². The number of carbonyl (C=O) groups excluding carboxylic acids is 1. The van der Waals surface area contributed by atoms with E-state index < -0.39 is 23.7 Å². The van der Waals surface area contributed by atoms with Crippen LogP contribution < -0.4 is 10.6 Å². The second-order valence-corrected chi connectivity index (χ2v) is 5.49. The molecule has 24 heavy (non-hydrogen) atoms. The summed E-state index contributed by atoms with van der Waals surface area (Å²) in [7, 11) is 0. The Kier molecular flexibility index (Phi) is 8.96. The molecule has 7 heteroatoms. The van der Waals surface area contributed by atoms with E-state index >= 15 is 0 Å². The van der Waals surface area contributed by atoms with Crippen LogP contribution in [-0.2, 0) is 9.59 Å². The molecule has 0 saturated heterocycles. The number of amides is 1. The highest BCUT2D eigenvalue weighted by molar-refractivity contribution is 5.94. The molecule has 0 heterocycles. The highest BCUT2D eigenvalue weighted by Gasteiger charge is 2.20. The van der Waals surface area contributed by atoms with Crippen LogP contribution in [0.3, 0.4) is 0 Å². The number of nitrogens with one attached hydrogen (secondary N) is 2. The van der Waals surface area contributed by atoms with Gasteiger partial charge < -0.3 is 20.6 Å². The fraction of sp³-hybridized carbons (Fsp3) is 0.529. The maximum Gasteiger partial charge on any atom is 0.321 e. The lowest BCUT2D eigenvalue weighted by atomic mass is 10.2. The number of carbonyl (C=O) groups is 2. The summed E-state index contributed by atoms with van der Waals surface area (Å²) in [6, 6.07) is 4.52. The zero-order valence-corrected chi connectivity index (χ0v) is 14.2. The van der Waals surface area contributed by atoms with Crippen LogP contribution >= 0.6 is 0 Å². The minimum Gasteiger partial charge on any atom is -0.480 e. The molecule has 0 aliphatic carbocycles. The normalized spacial score (nSPS) is 12.2. The van der Waals surface area contributed by atoms with Crippen molar-refractivity contribution in [1.82, 2.24) is 10.2 Å². The molecule has 1 aromatic rings. The van der Waals surface area contributed by atoms with E-state index in [-0.39, 0.29) is 6.42 Å². The van der Waals surface area contributed by atoms with Crippen molar-refractivity contribution in [3.8, 4) is 0 Å². The first-order valence-corrected chi connectivity index (χ1v) is 8.20. The smallest absolute Gasteiger partial charge is 0.321 e. The van der Waals surface area contributed by atoms with E-state index in [1.54, 1.807) is 6.07 Å². The van der Waals surface area contributed by atoms with Crippen LogP contribution in [0.4, 0.5) is 10.1 Å². The maximum atomic E-state index is 13.1. The number of carboxylic acid groups (broad SMARTS) is 1. The van der Waals surface area contributed by atoms with Crippen molar-refractivity contribution >= 4 is 17.6 Å². The average Bonchev–Trinajstić information content (AvgIpc) is 2.53. The average molecular weight is 339 g/mol. The van der Waals surface area contributed by atoms with E-state index in [0.29, 0.717) is 12.2 Å². The topological polar surface area (TPSA) is 81.7 Å². The Morgan fingerprint density at radius 1 is 1.29 bits per heavy atom. The van der Waals surface area contributed by atoms with Crippen molar-refractivity contribution < 1.29 is 19.1 Å². The van der Waals surface area contributed by atoms with Crippen molar-refractivity contribution in [3.63, 3.8) is 0 Å². The highest BCUT2D eigenvalue weighted by Crippen LogP contribution is 2.10. The second-order valence-electron chi connectivity index (χ2n) is 5.49. The lowest BCUT2D eigenvalue weighted by molar-refractivity contribution is -0.141. The summed E-state index contributed by atoms with van der Waals surface area (Å²) in [5, 5.41) is 14.6. The Morgan fingerprint density at radius 3 is 2.58 bits per heavy atom. The largest absolute Gasteiger partial charge is 0.480 e. The van der Waals surface area contributed by atoms with E-state index in [0.717, 1.165) is 26.1 Å². The van der Waals surface area contributed by atoms with Gasteiger partial charge in [-0.2, -0.15) is 0 Å². The number of benzene rings is 1. The van der Waals surface area contributed by atoms with Crippen LogP contribution in [0.2, 0.25) is 0 Å². The molecule has 0 fully saturated rings.